The van der Waals surface area contributed by atoms with Crippen LogP contribution in [0.4, 0.5) is 0 Å². The Morgan fingerprint density at radius 2 is 1.38 bits per heavy atom. The normalized spacial score (nSPS) is 13.9. The van der Waals surface area contributed by atoms with Crippen molar-refractivity contribution in [3.05, 3.63) is 77.4 Å². The van der Waals surface area contributed by atoms with Crippen LogP contribution in [0.15, 0.2) is 66.7 Å². The van der Waals surface area contributed by atoms with E-state index in [1.54, 1.807) is 6.07 Å². The van der Waals surface area contributed by atoms with Crippen LogP contribution in [0.5, 0.6) is 0 Å². The van der Waals surface area contributed by atoms with Crippen molar-refractivity contribution in [1.82, 2.24) is 15.0 Å². The minimum absolute atomic E-state index is 0.425. The number of halogens is 1. The van der Waals surface area contributed by atoms with Gasteiger partial charge in [-0.25, -0.2) is 15.0 Å². The molecule has 0 unspecified atom stereocenters. The molecule has 26 heavy (non-hydrogen) atoms. The van der Waals surface area contributed by atoms with Gasteiger partial charge < -0.3 is 0 Å². The third-order valence-corrected chi connectivity index (χ3v) is 4.99. The largest absolute Gasteiger partial charge is 0.242 e. The summed E-state index contributed by atoms with van der Waals surface area (Å²) in [6.07, 6.45) is 2.60. The lowest BCUT2D eigenvalue weighted by atomic mass is 10.0. The van der Waals surface area contributed by atoms with Crippen LogP contribution < -0.4 is 0 Å². The van der Waals surface area contributed by atoms with Crippen molar-refractivity contribution in [2.24, 2.45) is 0 Å². The van der Waals surface area contributed by atoms with Gasteiger partial charge in [-0.15, -0.1) is 0 Å². The fraction of sp³-hybridized carbons (Fsp3) is 0.136. The summed E-state index contributed by atoms with van der Waals surface area (Å²) in [6, 6.07) is 22.5. The van der Waals surface area contributed by atoms with Crippen molar-refractivity contribution in [2.45, 2.75) is 18.8 Å². The van der Waals surface area contributed by atoms with Crippen molar-refractivity contribution >= 4 is 22.8 Å². The summed E-state index contributed by atoms with van der Waals surface area (Å²) in [5.41, 5.74) is 6.50. The van der Waals surface area contributed by atoms with Gasteiger partial charge in [-0.2, -0.15) is 0 Å². The lowest BCUT2D eigenvalue weighted by Gasteiger charge is -2.11. The van der Waals surface area contributed by atoms with Gasteiger partial charge in [0, 0.05) is 11.1 Å². The number of pyridine rings is 1. The predicted octanol–water partition coefficient (Wildman–Crippen LogP) is 5.89. The summed E-state index contributed by atoms with van der Waals surface area (Å²) >= 11 is 6.06. The predicted molar refractivity (Wildman–Crippen MR) is 105 cm³/mol. The van der Waals surface area contributed by atoms with E-state index in [0.717, 1.165) is 33.9 Å². The molecule has 2 aromatic heterocycles. The second kappa shape index (κ2) is 6.19. The smallest absolute Gasteiger partial charge is 0.180 e. The van der Waals surface area contributed by atoms with Crippen LogP contribution >= 0.6 is 11.6 Å². The van der Waals surface area contributed by atoms with Gasteiger partial charge in [0.15, 0.2) is 5.65 Å². The SMILES string of the molecule is Clc1ccc2nc(-c3ccccc3)c(-c3ccc(C4CC4)cc3)nc2n1. The van der Waals surface area contributed by atoms with Gasteiger partial charge in [0.25, 0.3) is 0 Å². The molecule has 0 spiro atoms. The van der Waals surface area contributed by atoms with Crippen molar-refractivity contribution in [3.63, 3.8) is 0 Å². The van der Waals surface area contributed by atoms with Crippen LogP contribution in [0.3, 0.4) is 0 Å². The molecule has 0 amide bonds. The summed E-state index contributed by atoms with van der Waals surface area (Å²) in [5, 5.41) is 0.425. The van der Waals surface area contributed by atoms with Crippen molar-refractivity contribution in [3.8, 4) is 22.5 Å². The molecule has 3 nitrogen and oxygen atoms in total. The molecule has 0 atom stereocenters. The zero-order valence-corrected chi connectivity index (χ0v) is 14.8. The highest BCUT2D eigenvalue weighted by atomic mass is 35.5. The molecule has 0 N–H and O–H groups in total. The first kappa shape index (κ1) is 15.5. The highest BCUT2D eigenvalue weighted by Gasteiger charge is 2.23. The van der Waals surface area contributed by atoms with Crippen molar-refractivity contribution in [2.75, 3.05) is 0 Å². The van der Waals surface area contributed by atoms with Crippen LogP contribution in [0.2, 0.25) is 5.15 Å². The van der Waals surface area contributed by atoms with Crippen LogP contribution in [0.25, 0.3) is 33.7 Å². The first-order valence-electron chi connectivity index (χ1n) is 8.78. The number of hydrogen-bond acceptors (Lipinski definition) is 3. The van der Waals surface area contributed by atoms with E-state index in [9.17, 15) is 0 Å². The molecule has 0 bridgehead atoms. The Balaban J connectivity index is 1.72. The number of benzene rings is 2. The Kier molecular flexibility index (Phi) is 3.68. The van der Waals surface area contributed by atoms with Gasteiger partial charge in [0.05, 0.1) is 11.4 Å². The number of hydrogen-bond donors (Lipinski definition) is 0. The minimum Gasteiger partial charge on any atom is -0.242 e. The molecule has 5 rings (SSSR count). The van der Waals surface area contributed by atoms with Crippen molar-refractivity contribution in [1.29, 1.82) is 0 Å². The van der Waals surface area contributed by atoms with Crippen LogP contribution in [-0.4, -0.2) is 15.0 Å². The van der Waals surface area contributed by atoms with E-state index in [4.69, 9.17) is 21.6 Å². The molecular weight excluding hydrogens is 342 g/mol. The minimum atomic E-state index is 0.425. The summed E-state index contributed by atoms with van der Waals surface area (Å²) in [4.78, 5) is 14.0. The molecule has 1 saturated carbocycles. The Bertz CT molecular complexity index is 1090. The maximum absolute atomic E-state index is 6.06. The number of rotatable bonds is 3. The van der Waals surface area contributed by atoms with Gasteiger partial charge in [-0.05, 0) is 36.5 Å². The molecule has 0 saturated heterocycles. The molecule has 2 aromatic carbocycles. The molecule has 126 valence electrons. The zero-order chi connectivity index (χ0) is 17.5. The molecule has 0 aliphatic heterocycles. The average Bonchev–Trinajstić information content (AvgIpc) is 3.53. The molecule has 4 aromatic rings. The quantitative estimate of drug-likeness (QED) is 0.429. The summed E-state index contributed by atoms with van der Waals surface area (Å²) in [5.74, 6) is 0.737. The van der Waals surface area contributed by atoms with Gasteiger partial charge in [0.1, 0.15) is 10.7 Å². The maximum Gasteiger partial charge on any atom is 0.180 e. The highest BCUT2D eigenvalue weighted by Crippen LogP contribution is 2.41. The summed E-state index contributed by atoms with van der Waals surface area (Å²) in [6.45, 7) is 0. The maximum atomic E-state index is 6.06. The Morgan fingerprint density at radius 3 is 2.12 bits per heavy atom. The Hall–Kier alpha value is -2.78. The van der Waals surface area contributed by atoms with E-state index < -0.39 is 0 Å². The van der Waals surface area contributed by atoms with Crippen LogP contribution in [0, 0.1) is 0 Å². The van der Waals surface area contributed by atoms with E-state index in [-0.39, 0.29) is 0 Å². The highest BCUT2D eigenvalue weighted by molar-refractivity contribution is 6.29. The van der Waals surface area contributed by atoms with Crippen LogP contribution in [0.1, 0.15) is 24.3 Å². The zero-order valence-electron chi connectivity index (χ0n) is 14.1. The fourth-order valence-electron chi connectivity index (χ4n) is 3.25. The molecule has 1 aliphatic carbocycles. The number of nitrogens with zero attached hydrogens (tertiary/aromatic N) is 3. The molecular formula is C22H16ClN3. The van der Waals surface area contributed by atoms with Gasteiger partial charge in [-0.3, -0.25) is 0 Å². The van der Waals surface area contributed by atoms with E-state index in [1.165, 1.54) is 18.4 Å². The summed E-state index contributed by atoms with van der Waals surface area (Å²) < 4.78 is 0. The van der Waals surface area contributed by atoms with Gasteiger partial charge >= 0.3 is 0 Å². The topological polar surface area (TPSA) is 38.7 Å². The number of aromatic nitrogens is 3. The van der Waals surface area contributed by atoms with E-state index >= 15 is 0 Å². The van der Waals surface area contributed by atoms with E-state index in [1.807, 2.05) is 24.3 Å². The first-order chi connectivity index (χ1) is 12.8. The summed E-state index contributed by atoms with van der Waals surface area (Å²) in [7, 11) is 0. The molecule has 0 radical (unpaired) electrons. The number of fused-ring (bicyclic) bond motifs is 1. The second-order valence-corrected chi connectivity index (χ2v) is 7.05. The third kappa shape index (κ3) is 2.85. The molecule has 1 fully saturated rings. The Morgan fingerprint density at radius 1 is 0.692 bits per heavy atom. The fourth-order valence-corrected chi connectivity index (χ4v) is 3.39. The molecule has 1 aliphatic rings. The molecule has 4 heteroatoms. The Labute approximate surface area is 156 Å². The van der Waals surface area contributed by atoms with E-state index in [0.29, 0.717) is 10.8 Å². The lowest BCUT2D eigenvalue weighted by molar-refractivity contribution is 1.13. The first-order valence-corrected chi connectivity index (χ1v) is 9.16. The van der Waals surface area contributed by atoms with Crippen molar-refractivity contribution < 1.29 is 0 Å². The monoisotopic (exact) mass is 357 g/mol. The average molecular weight is 358 g/mol. The van der Waals surface area contributed by atoms with Crippen LogP contribution in [-0.2, 0) is 0 Å². The second-order valence-electron chi connectivity index (χ2n) is 6.66. The van der Waals surface area contributed by atoms with E-state index in [2.05, 4.69) is 41.4 Å². The van der Waals surface area contributed by atoms with Gasteiger partial charge in [-0.1, -0.05) is 66.2 Å². The third-order valence-electron chi connectivity index (χ3n) is 4.77. The molecule has 2 heterocycles. The van der Waals surface area contributed by atoms with Gasteiger partial charge in [0.2, 0.25) is 0 Å². The standard InChI is InChI=1S/C22H16ClN3/c23-19-13-12-18-22(25-19)26-21(20(24-18)16-4-2-1-3-5-16)17-10-8-15(9-11-17)14-6-7-14/h1-5,8-14H,6-7H2. The lowest BCUT2D eigenvalue weighted by Crippen LogP contribution is -1.97.